The molecular weight excluding hydrogens is 312 g/mol. The van der Waals surface area contributed by atoms with E-state index in [1.807, 2.05) is 6.21 Å². The van der Waals surface area contributed by atoms with Gasteiger partial charge in [-0.05, 0) is 37.7 Å². The Balaban J connectivity index is 0.00000156. The molecule has 0 aromatic carbocycles. The number of oxime groups is 1. The Morgan fingerprint density at radius 3 is 3.22 bits per heavy atom. The molecule has 2 unspecified atom stereocenters. The number of halogens is 1. The van der Waals surface area contributed by atoms with Crippen LogP contribution in [-0.2, 0) is 9.57 Å². The van der Waals surface area contributed by atoms with Gasteiger partial charge in [-0.25, -0.2) is 0 Å². The summed E-state index contributed by atoms with van der Waals surface area (Å²) in [6.45, 7) is 0. The van der Waals surface area contributed by atoms with Gasteiger partial charge in [0.15, 0.2) is 0 Å². The molecule has 4 aliphatic rings. The van der Waals surface area contributed by atoms with Crippen molar-refractivity contribution in [2.45, 2.75) is 57.5 Å². The highest BCUT2D eigenvalue weighted by Gasteiger charge is 2.52. The van der Waals surface area contributed by atoms with Gasteiger partial charge in [0, 0.05) is 31.5 Å². The third-order valence-electron chi connectivity index (χ3n) is 5.44. The summed E-state index contributed by atoms with van der Waals surface area (Å²) >= 11 is 0. The van der Waals surface area contributed by atoms with Crippen molar-refractivity contribution in [1.29, 1.82) is 0 Å². The van der Waals surface area contributed by atoms with Crippen LogP contribution in [0.1, 0.15) is 51.4 Å². The summed E-state index contributed by atoms with van der Waals surface area (Å²) in [5.74, 6) is 1.27. The van der Waals surface area contributed by atoms with E-state index in [-0.39, 0.29) is 23.9 Å². The van der Waals surface area contributed by atoms with E-state index < -0.39 is 0 Å². The molecule has 5 heteroatoms. The predicted octanol–water partition coefficient (Wildman–Crippen LogP) is 4.50. The first-order chi connectivity index (χ1) is 10.8. The van der Waals surface area contributed by atoms with Crippen molar-refractivity contribution in [2.75, 3.05) is 7.11 Å². The number of allylic oxidation sites excluding steroid dienone is 3. The Morgan fingerprint density at radius 1 is 1.43 bits per heavy atom. The first kappa shape index (κ1) is 16.4. The van der Waals surface area contributed by atoms with Gasteiger partial charge in [-0.1, -0.05) is 17.7 Å². The number of rotatable bonds is 3. The van der Waals surface area contributed by atoms with Gasteiger partial charge in [0.1, 0.15) is 19.0 Å². The number of nitrogens with zero attached hydrogens (tertiary/aromatic N) is 2. The van der Waals surface area contributed by atoms with Crippen molar-refractivity contribution in [3.05, 3.63) is 35.5 Å². The fourth-order valence-corrected chi connectivity index (χ4v) is 4.48. The lowest BCUT2D eigenvalue weighted by Crippen LogP contribution is -2.34. The van der Waals surface area contributed by atoms with Crippen LogP contribution in [0.2, 0.25) is 0 Å². The second-order valence-corrected chi connectivity index (χ2v) is 6.70. The fourth-order valence-electron chi connectivity index (χ4n) is 4.48. The van der Waals surface area contributed by atoms with Crippen molar-refractivity contribution in [3.8, 4) is 0 Å². The van der Waals surface area contributed by atoms with Crippen LogP contribution in [0.25, 0.3) is 0 Å². The average Bonchev–Trinajstić information content (AvgIpc) is 2.91. The van der Waals surface area contributed by atoms with E-state index in [2.05, 4.69) is 28.5 Å². The Bertz CT molecular complexity index is 582. The van der Waals surface area contributed by atoms with Gasteiger partial charge in [0.25, 0.3) is 0 Å². The first-order valence-electron chi connectivity index (χ1n) is 8.45. The molecule has 4 rings (SSSR count). The average molecular weight is 337 g/mol. The van der Waals surface area contributed by atoms with E-state index in [0.717, 1.165) is 25.7 Å². The van der Waals surface area contributed by atoms with Gasteiger partial charge >= 0.3 is 0 Å². The molecule has 1 aliphatic carbocycles. The van der Waals surface area contributed by atoms with Crippen LogP contribution < -0.4 is 0 Å². The van der Waals surface area contributed by atoms with Gasteiger partial charge in [0.05, 0.1) is 11.1 Å². The lowest BCUT2D eigenvalue weighted by Gasteiger charge is -2.43. The number of hydrogen-bond donors (Lipinski definition) is 0. The minimum absolute atomic E-state index is 0. The highest BCUT2D eigenvalue weighted by molar-refractivity contribution is 5.85. The molecule has 0 bridgehead atoms. The first-order valence-corrected chi connectivity index (χ1v) is 8.45. The molecule has 23 heavy (non-hydrogen) atoms. The molecule has 2 atom stereocenters. The topological polar surface area (TPSA) is 34.1 Å². The molecule has 0 amide bonds. The molecule has 0 aromatic heterocycles. The Labute approximate surface area is 144 Å². The molecule has 4 nitrogen and oxygen atoms in total. The SMILES string of the molecule is CON=CCC1CC23CCCCC2=CN2C=CCCC2=C3O1.Cl. The maximum absolute atomic E-state index is 6.46. The number of fused-ring (bicyclic) bond motifs is 1. The van der Waals surface area contributed by atoms with Crippen LogP contribution in [0.4, 0.5) is 0 Å². The summed E-state index contributed by atoms with van der Waals surface area (Å²) in [4.78, 5) is 7.09. The maximum atomic E-state index is 6.46. The lowest BCUT2D eigenvalue weighted by molar-refractivity contribution is 0.151. The zero-order chi connectivity index (χ0) is 15.0. The predicted molar refractivity (Wildman–Crippen MR) is 93.1 cm³/mol. The lowest BCUT2D eigenvalue weighted by atomic mass is 9.65. The largest absolute Gasteiger partial charge is 0.492 e. The summed E-state index contributed by atoms with van der Waals surface area (Å²) in [5.41, 5.74) is 3.15. The molecule has 126 valence electrons. The molecule has 0 N–H and O–H groups in total. The van der Waals surface area contributed by atoms with Gasteiger partial charge < -0.3 is 14.5 Å². The molecule has 3 aliphatic heterocycles. The molecule has 3 heterocycles. The van der Waals surface area contributed by atoms with E-state index in [4.69, 9.17) is 9.57 Å². The maximum Gasteiger partial charge on any atom is 0.126 e. The highest BCUT2D eigenvalue weighted by Crippen LogP contribution is 2.59. The van der Waals surface area contributed by atoms with Gasteiger partial charge in [-0.15, -0.1) is 12.4 Å². The Kier molecular flexibility index (Phi) is 4.72. The van der Waals surface area contributed by atoms with Crippen LogP contribution in [-0.4, -0.2) is 24.3 Å². The summed E-state index contributed by atoms with van der Waals surface area (Å²) in [5, 5.41) is 3.88. The molecule has 0 radical (unpaired) electrons. The zero-order valence-electron chi connectivity index (χ0n) is 13.7. The van der Waals surface area contributed by atoms with Crippen LogP contribution in [0.5, 0.6) is 0 Å². The van der Waals surface area contributed by atoms with E-state index >= 15 is 0 Å². The quantitative estimate of drug-likeness (QED) is 0.562. The van der Waals surface area contributed by atoms with E-state index in [1.165, 1.54) is 37.1 Å². The van der Waals surface area contributed by atoms with Crippen LogP contribution in [0.15, 0.2) is 40.7 Å². The second-order valence-electron chi connectivity index (χ2n) is 6.70. The third kappa shape index (κ3) is 2.67. The normalized spacial score (nSPS) is 31.8. The van der Waals surface area contributed by atoms with E-state index in [1.54, 1.807) is 12.7 Å². The molecule has 1 saturated carbocycles. The summed E-state index contributed by atoms with van der Waals surface area (Å²) in [6.07, 6.45) is 18.1. The van der Waals surface area contributed by atoms with Crippen molar-refractivity contribution >= 4 is 18.6 Å². The zero-order valence-corrected chi connectivity index (χ0v) is 14.5. The van der Waals surface area contributed by atoms with Crippen LogP contribution in [0, 0.1) is 5.41 Å². The molecule has 1 saturated heterocycles. The third-order valence-corrected chi connectivity index (χ3v) is 5.44. The smallest absolute Gasteiger partial charge is 0.126 e. The number of ether oxygens (including phenoxy) is 1. The Morgan fingerprint density at radius 2 is 2.35 bits per heavy atom. The van der Waals surface area contributed by atoms with Crippen molar-refractivity contribution in [1.82, 2.24) is 4.90 Å². The molecular formula is C18H25ClN2O2. The van der Waals surface area contributed by atoms with Gasteiger partial charge in [-0.2, -0.15) is 0 Å². The minimum atomic E-state index is 0. The van der Waals surface area contributed by atoms with Gasteiger partial charge in [-0.3, -0.25) is 0 Å². The molecule has 1 spiro atoms. The summed E-state index contributed by atoms with van der Waals surface area (Å²) in [6, 6.07) is 0. The highest BCUT2D eigenvalue weighted by atomic mass is 35.5. The fraction of sp³-hybridized carbons (Fsp3) is 0.611. The second kappa shape index (κ2) is 6.60. The minimum Gasteiger partial charge on any atom is -0.492 e. The monoisotopic (exact) mass is 336 g/mol. The van der Waals surface area contributed by atoms with Crippen LogP contribution >= 0.6 is 12.4 Å². The molecule has 0 aromatic rings. The van der Waals surface area contributed by atoms with Crippen LogP contribution in [0.3, 0.4) is 0 Å². The van der Waals surface area contributed by atoms with Gasteiger partial charge in [0.2, 0.25) is 0 Å². The van der Waals surface area contributed by atoms with Crippen molar-refractivity contribution < 1.29 is 9.57 Å². The Hall–Kier alpha value is -1.42. The standard InChI is InChI=1S/C18H24N2O2.ClH/c1-21-19-10-8-15-12-18-9-4-2-6-14(18)13-20-11-5-3-7-16(20)17(18)22-15;/h5,10-11,13,15H,2-4,6-9,12H2,1H3;1H. The van der Waals surface area contributed by atoms with Crippen molar-refractivity contribution in [2.24, 2.45) is 10.6 Å². The van der Waals surface area contributed by atoms with Crippen molar-refractivity contribution in [3.63, 3.8) is 0 Å². The summed E-state index contributed by atoms with van der Waals surface area (Å²) in [7, 11) is 1.59. The van der Waals surface area contributed by atoms with E-state index in [0.29, 0.717) is 0 Å². The van der Waals surface area contributed by atoms with E-state index in [9.17, 15) is 0 Å². The summed E-state index contributed by atoms with van der Waals surface area (Å²) < 4.78 is 6.46. The molecule has 2 fully saturated rings. The number of hydrogen-bond acceptors (Lipinski definition) is 4.